The van der Waals surface area contributed by atoms with Crippen LogP contribution in [0.2, 0.25) is 0 Å². The molecule has 0 saturated heterocycles. The Labute approximate surface area is 108 Å². The Bertz CT molecular complexity index is 450. The van der Waals surface area contributed by atoms with Gasteiger partial charge in [-0.25, -0.2) is 0 Å². The van der Waals surface area contributed by atoms with E-state index in [-0.39, 0.29) is 0 Å². The molecule has 4 heteroatoms. The number of hydrogen-bond acceptors (Lipinski definition) is 2. The minimum Gasteiger partial charge on any atom is -0.142 e. The smallest absolute Gasteiger partial charge is 0.0666 e. The first-order valence-corrected chi connectivity index (χ1v) is 7.14. The van der Waals surface area contributed by atoms with Gasteiger partial charge in [0.15, 0.2) is 0 Å². The van der Waals surface area contributed by atoms with E-state index in [0.29, 0.717) is 0 Å². The van der Waals surface area contributed by atoms with Crippen LogP contribution in [-0.4, -0.2) is 0 Å². The van der Waals surface area contributed by atoms with E-state index in [4.69, 9.17) is 0 Å². The number of alkyl halides is 1. The third-order valence-electron chi connectivity index (χ3n) is 1.87. The second-order valence-corrected chi connectivity index (χ2v) is 6.66. The maximum atomic E-state index is 4.44. The minimum absolute atomic E-state index is 0.907. The second kappa shape index (κ2) is 4.08. The van der Waals surface area contributed by atoms with E-state index in [1.165, 1.54) is 18.5 Å². The van der Waals surface area contributed by atoms with Crippen molar-refractivity contribution in [2.24, 2.45) is 0 Å². The summed E-state index contributed by atoms with van der Waals surface area (Å²) in [4.78, 5) is 1.08. The van der Waals surface area contributed by atoms with Crippen molar-refractivity contribution in [2.45, 2.75) is 10.2 Å². The van der Waals surface area contributed by atoms with Gasteiger partial charge in [0, 0.05) is 14.9 Å². The van der Waals surface area contributed by atoms with Crippen LogP contribution in [0.15, 0.2) is 23.1 Å². The Morgan fingerprint density at radius 1 is 1.46 bits per heavy atom. The fraction of sp³-hybridized carbons (Fsp3) is 0.111. The molecule has 1 aromatic carbocycles. The highest BCUT2D eigenvalue weighted by atomic mass is 127. The highest BCUT2D eigenvalue weighted by Gasteiger charge is 2.06. The van der Waals surface area contributed by atoms with Crippen molar-refractivity contribution in [1.29, 1.82) is 0 Å². The lowest BCUT2D eigenvalue weighted by Gasteiger charge is -1.99. The van der Waals surface area contributed by atoms with Crippen LogP contribution >= 0.6 is 62.5 Å². The fourth-order valence-corrected chi connectivity index (χ4v) is 3.89. The Balaban J connectivity index is 2.83. The van der Waals surface area contributed by atoms with Crippen molar-refractivity contribution >= 4 is 72.6 Å². The van der Waals surface area contributed by atoms with Crippen LogP contribution in [0.5, 0.6) is 0 Å². The molecule has 0 amide bonds. The minimum atomic E-state index is 0.907. The predicted octanol–water partition coefficient (Wildman–Crippen LogP) is 4.69. The molecule has 0 aliphatic heterocycles. The predicted molar refractivity (Wildman–Crippen MR) is 74.4 cm³/mol. The van der Waals surface area contributed by atoms with Crippen molar-refractivity contribution in [2.75, 3.05) is 0 Å². The summed E-state index contributed by atoms with van der Waals surface area (Å²) in [5.41, 5.74) is 1.34. The van der Waals surface area contributed by atoms with Crippen LogP contribution in [0.1, 0.15) is 5.56 Å². The van der Waals surface area contributed by atoms with E-state index in [2.05, 4.69) is 69.3 Å². The molecule has 0 nitrogen and oxygen atoms in total. The summed E-state index contributed by atoms with van der Waals surface area (Å²) in [5, 5.41) is 2.24. The molecule has 0 bridgehead atoms. The maximum Gasteiger partial charge on any atom is 0.0666 e. The zero-order chi connectivity index (χ0) is 9.42. The molecular formula is C9H6BrIS2. The number of rotatable bonds is 1. The lowest BCUT2D eigenvalue weighted by Crippen LogP contribution is -1.77. The number of thiophene rings is 1. The van der Waals surface area contributed by atoms with Gasteiger partial charge in [0.05, 0.1) is 2.88 Å². The summed E-state index contributed by atoms with van der Waals surface area (Å²) in [7, 11) is 0. The van der Waals surface area contributed by atoms with Crippen LogP contribution in [-0.2, 0) is 5.33 Å². The van der Waals surface area contributed by atoms with Crippen LogP contribution in [0, 0.1) is 2.88 Å². The van der Waals surface area contributed by atoms with Gasteiger partial charge in [-0.1, -0.05) is 22.0 Å². The summed E-state index contributed by atoms with van der Waals surface area (Å²) in [6.45, 7) is 0. The third-order valence-corrected chi connectivity index (χ3v) is 4.92. The number of benzene rings is 1. The first kappa shape index (κ1) is 10.3. The monoisotopic (exact) mass is 384 g/mol. The number of halogens is 2. The number of hydrogen-bond donors (Lipinski definition) is 1. The largest absolute Gasteiger partial charge is 0.142 e. The highest BCUT2D eigenvalue weighted by molar-refractivity contribution is 14.1. The molecule has 0 aliphatic rings. The Morgan fingerprint density at radius 2 is 2.23 bits per heavy atom. The van der Waals surface area contributed by atoms with Gasteiger partial charge >= 0.3 is 0 Å². The summed E-state index contributed by atoms with van der Waals surface area (Å²) in [6, 6.07) is 6.41. The van der Waals surface area contributed by atoms with E-state index in [1.54, 1.807) is 11.3 Å². The van der Waals surface area contributed by atoms with Crippen molar-refractivity contribution in [3.63, 3.8) is 0 Å². The van der Waals surface area contributed by atoms with Crippen LogP contribution in [0.3, 0.4) is 0 Å². The molecular weight excluding hydrogens is 379 g/mol. The molecule has 2 rings (SSSR count). The molecule has 0 fully saturated rings. The first-order chi connectivity index (χ1) is 6.22. The summed E-state index contributed by atoms with van der Waals surface area (Å²) in [6.07, 6.45) is 0. The van der Waals surface area contributed by atoms with Crippen molar-refractivity contribution in [3.05, 3.63) is 26.6 Å². The lowest BCUT2D eigenvalue weighted by molar-refractivity contribution is 1.46. The van der Waals surface area contributed by atoms with E-state index in [9.17, 15) is 0 Å². The van der Waals surface area contributed by atoms with Crippen molar-refractivity contribution in [3.8, 4) is 0 Å². The van der Waals surface area contributed by atoms with Gasteiger partial charge < -0.3 is 0 Å². The standard InChI is InChI=1S/C9H6BrIS2/c10-4-5-1-2-7(12)9-6(5)3-8(11)13-9/h1-3,12H,4H2. The third kappa shape index (κ3) is 1.91. The highest BCUT2D eigenvalue weighted by Crippen LogP contribution is 2.34. The summed E-state index contributed by atoms with van der Waals surface area (Å²) >= 11 is 12.1. The molecule has 1 aromatic heterocycles. The lowest BCUT2D eigenvalue weighted by atomic mass is 10.1. The topological polar surface area (TPSA) is 0 Å². The molecule has 0 N–H and O–H groups in total. The SMILES string of the molecule is Sc1ccc(CBr)c2cc(I)sc12. The Kier molecular flexibility index (Phi) is 3.22. The molecule has 13 heavy (non-hydrogen) atoms. The molecule has 0 spiro atoms. The van der Waals surface area contributed by atoms with Gasteiger partial charge in [0.2, 0.25) is 0 Å². The van der Waals surface area contributed by atoms with Crippen LogP contribution in [0.25, 0.3) is 10.1 Å². The van der Waals surface area contributed by atoms with E-state index < -0.39 is 0 Å². The molecule has 0 atom stereocenters. The Morgan fingerprint density at radius 3 is 2.92 bits per heavy atom. The summed E-state index contributed by atoms with van der Waals surface area (Å²) in [5.74, 6) is 0. The van der Waals surface area contributed by atoms with Gasteiger partial charge in [0.25, 0.3) is 0 Å². The van der Waals surface area contributed by atoms with Gasteiger partial charge in [-0.05, 0) is 45.7 Å². The Hall–Kier alpha value is 0.740. The van der Waals surface area contributed by atoms with Crippen molar-refractivity contribution in [1.82, 2.24) is 0 Å². The van der Waals surface area contributed by atoms with Gasteiger partial charge in [-0.15, -0.1) is 24.0 Å². The molecule has 0 aliphatic carbocycles. The molecule has 0 unspecified atom stereocenters. The molecule has 1 heterocycles. The quantitative estimate of drug-likeness (QED) is 0.411. The average molecular weight is 385 g/mol. The first-order valence-electron chi connectivity index (χ1n) is 3.68. The van der Waals surface area contributed by atoms with E-state index in [1.807, 2.05) is 0 Å². The second-order valence-electron chi connectivity index (χ2n) is 2.67. The number of fused-ring (bicyclic) bond motifs is 1. The van der Waals surface area contributed by atoms with E-state index in [0.717, 1.165) is 10.2 Å². The van der Waals surface area contributed by atoms with Crippen LogP contribution < -0.4 is 0 Å². The van der Waals surface area contributed by atoms with Crippen LogP contribution in [0.4, 0.5) is 0 Å². The molecule has 0 radical (unpaired) electrons. The van der Waals surface area contributed by atoms with Gasteiger partial charge in [0.1, 0.15) is 0 Å². The molecule has 68 valence electrons. The fourth-order valence-electron chi connectivity index (χ4n) is 1.25. The maximum absolute atomic E-state index is 4.44. The molecule has 2 aromatic rings. The molecule has 0 saturated carbocycles. The zero-order valence-corrected chi connectivity index (χ0v) is 12.0. The zero-order valence-electron chi connectivity index (χ0n) is 6.55. The van der Waals surface area contributed by atoms with Gasteiger partial charge in [-0.2, -0.15) is 0 Å². The average Bonchev–Trinajstić information content (AvgIpc) is 2.48. The normalized spacial score (nSPS) is 11.0. The number of thiol groups is 1. The van der Waals surface area contributed by atoms with Gasteiger partial charge in [-0.3, -0.25) is 0 Å². The summed E-state index contributed by atoms with van der Waals surface area (Å²) < 4.78 is 2.61. The van der Waals surface area contributed by atoms with E-state index >= 15 is 0 Å². The van der Waals surface area contributed by atoms with Crippen molar-refractivity contribution < 1.29 is 0 Å².